The molecular weight excluding hydrogens is 372 g/mol. The Kier molecular flexibility index (Phi) is 11.0. The van der Waals surface area contributed by atoms with Crippen LogP contribution >= 0.6 is 11.8 Å². The van der Waals surface area contributed by atoms with Gasteiger partial charge in [-0.25, -0.2) is 0 Å². The summed E-state index contributed by atoms with van der Waals surface area (Å²) in [7, 11) is 0. The van der Waals surface area contributed by atoms with Crippen molar-refractivity contribution in [1.29, 1.82) is 0 Å². The number of carbonyl (C=O) groups is 1. The Labute approximate surface area is 174 Å². The number of esters is 1. The van der Waals surface area contributed by atoms with Crippen LogP contribution in [0.3, 0.4) is 0 Å². The summed E-state index contributed by atoms with van der Waals surface area (Å²) in [4.78, 5) is 11.3. The Morgan fingerprint density at radius 3 is 2.68 bits per heavy atom. The van der Waals surface area contributed by atoms with Crippen LogP contribution in [-0.2, 0) is 16.0 Å². The summed E-state index contributed by atoms with van der Waals surface area (Å²) in [5, 5.41) is 21.2. The van der Waals surface area contributed by atoms with E-state index in [-0.39, 0.29) is 18.2 Å². The summed E-state index contributed by atoms with van der Waals surface area (Å²) in [6.45, 7) is 2.29. The predicted octanol–water partition coefficient (Wildman–Crippen LogP) is 4.37. The Morgan fingerprint density at radius 1 is 1.18 bits per heavy atom. The number of unbranched alkanes of at least 4 members (excludes halogenated alkanes) is 3. The van der Waals surface area contributed by atoms with Gasteiger partial charge in [0.15, 0.2) is 0 Å². The molecule has 0 bridgehead atoms. The Hall–Kier alpha value is -1.04. The van der Waals surface area contributed by atoms with Gasteiger partial charge in [0.1, 0.15) is 0 Å². The minimum absolute atomic E-state index is 0.0979. The molecule has 0 spiro atoms. The molecule has 1 fully saturated rings. The maximum Gasteiger partial charge on any atom is 0.305 e. The van der Waals surface area contributed by atoms with Crippen molar-refractivity contribution in [3.8, 4) is 0 Å². The number of thioether (sulfide) groups is 1. The molecule has 5 heteroatoms. The molecule has 4 unspecified atom stereocenters. The molecule has 2 rings (SSSR count). The number of hydrogen-bond donors (Lipinski definition) is 2. The molecule has 0 saturated heterocycles. The van der Waals surface area contributed by atoms with E-state index in [4.69, 9.17) is 4.74 Å². The highest BCUT2D eigenvalue weighted by Crippen LogP contribution is 2.38. The lowest BCUT2D eigenvalue weighted by Crippen LogP contribution is -2.23. The van der Waals surface area contributed by atoms with Crippen LogP contribution in [0.4, 0.5) is 0 Å². The van der Waals surface area contributed by atoms with Crippen molar-refractivity contribution in [2.75, 3.05) is 12.4 Å². The summed E-state index contributed by atoms with van der Waals surface area (Å²) >= 11 is 1.83. The third-order valence-electron chi connectivity index (χ3n) is 5.51. The van der Waals surface area contributed by atoms with E-state index in [1.165, 1.54) is 5.56 Å². The highest BCUT2D eigenvalue weighted by molar-refractivity contribution is 7.99. The third kappa shape index (κ3) is 8.54. The van der Waals surface area contributed by atoms with E-state index in [9.17, 15) is 15.0 Å². The lowest BCUT2D eigenvalue weighted by Gasteiger charge is -2.23. The van der Waals surface area contributed by atoms with E-state index < -0.39 is 0 Å². The van der Waals surface area contributed by atoms with Crippen molar-refractivity contribution in [2.24, 2.45) is 5.92 Å². The maximum absolute atomic E-state index is 11.3. The van der Waals surface area contributed by atoms with Crippen molar-refractivity contribution < 1.29 is 19.7 Å². The number of aliphatic hydroxyl groups is 2. The molecule has 0 heterocycles. The molecule has 4 nitrogen and oxygen atoms in total. The number of carbonyl (C=O) groups excluding carboxylic acids is 1. The fraction of sp³-hybridized carbons (Fsp3) is 0.696. The largest absolute Gasteiger partial charge is 0.466 e. The van der Waals surface area contributed by atoms with Gasteiger partial charge in [0, 0.05) is 17.4 Å². The SMILES string of the molecule is CCOC(=O)CCCCCCC1C(O)CCC1SCC(O)Cc1ccccc1. The van der Waals surface area contributed by atoms with E-state index in [2.05, 4.69) is 12.1 Å². The van der Waals surface area contributed by atoms with Crippen molar-refractivity contribution in [1.82, 2.24) is 0 Å². The minimum Gasteiger partial charge on any atom is -0.466 e. The van der Waals surface area contributed by atoms with E-state index in [1.807, 2.05) is 36.9 Å². The van der Waals surface area contributed by atoms with Gasteiger partial charge in [0.05, 0.1) is 18.8 Å². The molecule has 1 aliphatic rings. The van der Waals surface area contributed by atoms with Crippen LogP contribution in [0.15, 0.2) is 30.3 Å². The number of hydrogen-bond acceptors (Lipinski definition) is 5. The number of benzene rings is 1. The molecule has 1 aromatic rings. The van der Waals surface area contributed by atoms with Crippen LogP contribution in [0.1, 0.15) is 63.9 Å². The topological polar surface area (TPSA) is 66.8 Å². The second-order valence-corrected chi connectivity index (χ2v) is 9.05. The van der Waals surface area contributed by atoms with Crippen LogP contribution in [0.2, 0.25) is 0 Å². The Morgan fingerprint density at radius 2 is 1.93 bits per heavy atom. The van der Waals surface area contributed by atoms with Crippen LogP contribution < -0.4 is 0 Å². The molecule has 28 heavy (non-hydrogen) atoms. The lowest BCUT2D eigenvalue weighted by molar-refractivity contribution is -0.143. The van der Waals surface area contributed by atoms with Crippen molar-refractivity contribution in [2.45, 2.75) is 82.2 Å². The molecule has 0 amide bonds. The second-order valence-electron chi connectivity index (χ2n) is 7.78. The minimum atomic E-state index is -0.339. The fourth-order valence-electron chi connectivity index (χ4n) is 4.01. The summed E-state index contributed by atoms with van der Waals surface area (Å²) < 4.78 is 4.95. The van der Waals surface area contributed by atoms with Gasteiger partial charge in [-0.05, 0) is 50.5 Å². The number of ether oxygens (including phenoxy) is 1. The second kappa shape index (κ2) is 13.2. The molecular formula is C23H36O4S. The molecule has 0 radical (unpaired) electrons. The molecule has 1 aliphatic carbocycles. The first-order valence-electron chi connectivity index (χ1n) is 10.8. The van der Waals surface area contributed by atoms with Crippen LogP contribution in [0.5, 0.6) is 0 Å². The van der Waals surface area contributed by atoms with Crippen molar-refractivity contribution >= 4 is 17.7 Å². The molecule has 0 aromatic heterocycles. The maximum atomic E-state index is 11.3. The molecule has 1 aromatic carbocycles. The van der Waals surface area contributed by atoms with Gasteiger partial charge in [-0.2, -0.15) is 11.8 Å². The molecule has 158 valence electrons. The molecule has 4 atom stereocenters. The standard InChI is InChI=1S/C23H36O4S/c1-2-27-23(26)13-9-4-3-8-12-20-21(25)14-15-22(20)28-17-19(24)16-18-10-6-5-7-11-18/h5-7,10-11,19-22,24-25H,2-4,8-9,12-17H2,1H3. The zero-order chi connectivity index (χ0) is 20.2. The van der Waals surface area contributed by atoms with Gasteiger partial charge in [-0.15, -0.1) is 0 Å². The van der Waals surface area contributed by atoms with Crippen LogP contribution in [-0.4, -0.2) is 46.0 Å². The van der Waals surface area contributed by atoms with Gasteiger partial charge >= 0.3 is 5.97 Å². The lowest BCUT2D eigenvalue weighted by atomic mass is 9.97. The van der Waals surface area contributed by atoms with Gasteiger partial charge in [-0.1, -0.05) is 49.6 Å². The van der Waals surface area contributed by atoms with Gasteiger partial charge < -0.3 is 14.9 Å². The summed E-state index contributed by atoms with van der Waals surface area (Å²) in [5.74, 6) is 0.959. The van der Waals surface area contributed by atoms with Crippen LogP contribution in [0, 0.1) is 5.92 Å². The van der Waals surface area contributed by atoms with Gasteiger partial charge in [0.25, 0.3) is 0 Å². The monoisotopic (exact) mass is 408 g/mol. The zero-order valence-corrected chi connectivity index (χ0v) is 17.9. The summed E-state index contributed by atoms with van der Waals surface area (Å²) in [6.07, 6.45) is 7.71. The normalized spacial score (nSPS) is 22.9. The highest BCUT2D eigenvalue weighted by Gasteiger charge is 2.34. The average molecular weight is 409 g/mol. The Bertz CT molecular complexity index is 551. The smallest absolute Gasteiger partial charge is 0.305 e. The predicted molar refractivity (Wildman–Crippen MR) is 115 cm³/mol. The van der Waals surface area contributed by atoms with Gasteiger partial charge in [-0.3, -0.25) is 4.79 Å². The van der Waals surface area contributed by atoms with Crippen molar-refractivity contribution in [3.05, 3.63) is 35.9 Å². The Balaban J connectivity index is 1.62. The molecule has 0 aliphatic heterocycles. The van der Waals surface area contributed by atoms with Crippen molar-refractivity contribution in [3.63, 3.8) is 0 Å². The van der Waals surface area contributed by atoms with E-state index in [0.717, 1.165) is 50.7 Å². The number of rotatable bonds is 13. The van der Waals surface area contributed by atoms with Gasteiger partial charge in [0.2, 0.25) is 0 Å². The zero-order valence-electron chi connectivity index (χ0n) is 17.1. The van der Waals surface area contributed by atoms with E-state index >= 15 is 0 Å². The molecule has 2 N–H and O–H groups in total. The van der Waals surface area contributed by atoms with E-state index in [0.29, 0.717) is 30.6 Å². The first-order valence-corrected chi connectivity index (χ1v) is 11.8. The molecule has 1 saturated carbocycles. The fourth-order valence-corrected chi connectivity index (χ4v) is 5.47. The third-order valence-corrected chi connectivity index (χ3v) is 7.10. The van der Waals surface area contributed by atoms with E-state index in [1.54, 1.807) is 0 Å². The number of aliphatic hydroxyl groups excluding tert-OH is 2. The highest BCUT2D eigenvalue weighted by atomic mass is 32.2. The van der Waals surface area contributed by atoms with Crippen LogP contribution in [0.25, 0.3) is 0 Å². The first-order chi connectivity index (χ1) is 13.6. The quantitative estimate of drug-likeness (QED) is 0.375. The average Bonchev–Trinajstić information content (AvgIpc) is 3.03. The summed E-state index contributed by atoms with van der Waals surface area (Å²) in [6, 6.07) is 10.1. The first kappa shape index (κ1) is 23.2. The summed E-state index contributed by atoms with van der Waals surface area (Å²) in [5.41, 5.74) is 1.17.